The maximum Gasteiger partial charge on any atom is 0.0858 e. The molecule has 35 heavy (non-hydrogen) atoms. The van der Waals surface area contributed by atoms with Crippen LogP contribution in [-0.2, 0) is 0 Å². The smallest absolute Gasteiger partial charge is 0.0858 e. The molecule has 4 rings (SSSR count). The third-order valence-corrected chi connectivity index (χ3v) is 4.67. The second kappa shape index (κ2) is 12.9. The van der Waals surface area contributed by atoms with Gasteiger partial charge in [-0.05, 0) is 84.9 Å². The van der Waals surface area contributed by atoms with Crippen molar-refractivity contribution in [3.8, 4) is 0 Å². The van der Waals surface area contributed by atoms with Crippen LogP contribution in [0.4, 0.5) is 34.1 Å². The molecule has 6 nitrogen and oxygen atoms in total. The Morgan fingerprint density at radius 3 is 1.43 bits per heavy atom. The van der Waals surface area contributed by atoms with Gasteiger partial charge in [0.25, 0.3) is 0 Å². The SMILES string of the molecule is C(/C=C\C=C/Nc1ccc(N=Nc2ccccc2)cc1)=Nc1ccc(N=Nc2ccccc2)cc1. The third-order valence-electron chi connectivity index (χ3n) is 4.67. The lowest BCUT2D eigenvalue weighted by Crippen LogP contribution is -1.85. The van der Waals surface area contributed by atoms with E-state index in [-0.39, 0.29) is 0 Å². The highest BCUT2D eigenvalue weighted by molar-refractivity contribution is 5.75. The van der Waals surface area contributed by atoms with Crippen LogP contribution in [0.25, 0.3) is 0 Å². The Morgan fingerprint density at radius 1 is 0.429 bits per heavy atom. The second-order valence-electron chi connectivity index (χ2n) is 7.30. The number of anilines is 1. The van der Waals surface area contributed by atoms with Gasteiger partial charge in [-0.3, -0.25) is 4.99 Å². The normalized spacial score (nSPS) is 12.0. The molecular formula is C29H24N6. The monoisotopic (exact) mass is 456 g/mol. The number of aliphatic imine (C=N–C) groups is 1. The molecule has 0 bridgehead atoms. The Labute approximate surface area is 204 Å². The second-order valence-corrected chi connectivity index (χ2v) is 7.30. The highest BCUT2D eigenvalue weighted by Gasteiger charge is 1.93. The number of rotatable bonds is 9. The van der Waals surface area contributed by atoms with Crippen LogP contribution in [-0.4, -0.2) is 6.21 Å². The average molecular weight is 457 g/mol. The molecular weight excluding hydrogens is 432 g/mol. The Balaban J connectivity index is 1.20. The Morgan fingerprint density at radius 2 is 0.886 bits per heavy atom. The first-order valence-corrected chi connectivity index (χ1v) is 11.1. The van der Waals surface area contributed by atoms with Crippen molar-refractivity contribution in [2.24, 2.45) is 25.4 Å². The van der Waals surface area contributed by atoms with E-state index in [1.165, 1.54) is 0 Å². The minimum absolute atomic E-state index is 0.782. The quantitative estimate of drug-likeness (QED) is 0.152. The van der Waals surface area contributed by atoms with E-state index in [0.29, 0.717) is 0 Å². The van der Waals surface area contributed by atoms with Crippen molar-refractivity contribution in [3.63, 3.8) is 0 Å². The van der Waals surface area contributed by atoms with Crippen molar-refractivity contribution in [2.75, 3.05) is 5.32 Å². The summed E-state index contributed by atoms with van der Waals surface area (Å²) in [5.41, 5.74) is 5.04. The topological polar surface area (TPSA) is 73.8 Å². The molecule has 0 amide bonds. The summed E-state index contributed by atoms with van der Waals surface area (Å²) in [4.78, 5) is 4.41. The highest BCUT2D eigenvalue weighted by Crippen LogP contribution is 2.22. The van der Waals surface area contributed by atoms with Gasteiger partial charge in [-0.1, -0.05) is 42.5 Å². The zero-order valence-corrected chi connectivity index (χ0v) is 19.0. The Hall–Kier alpha value is -4.97. The van der Waals surface area contributed by atoms with E-state index < -0.39 is 0 Å². The molecule has 0 saturated heterocycles. The van der Waals surface area contributed by atoms with Gasteiger partial charge in [-0.2, -0.15) is 20.5 Å². The van der Waals surface area contributed by atoms with Crippen molar-refractivity contribution < 1.29 is 0 Å². The van der Waals surface area contributed by atoms with Gasteiger partial charge in [0.05, 0.1) is 28.4 Å². The van der Waals surface area contributed by atoms with Gasteiger partial charge >= 0.3 is 0 Å². The fourth-order valence-electron chi connectivity index (χ4n) is 2.89. The molecule has 4 aromatic carbocycles. The average Bonchev–Trinajstić information content (AvgIpc) is 2.93. The van der Waals surface area contributed by atoms with Crippen LogP contribution >= 0.6 is 0 Å². The van der Waals surface area contributed by atoms with Crippen LogP contribution in [0.15, 0.2) is 159 Å². The number of azo groups is 2. The Kier molecular flexibility index (Phi) is 8.56. The van der Waals surface area contributed by atoms with Crippen LogP contribution in [0.2, 0.25) is 0 Å². The number of nitrogens with one attached hydrogen (secondary N) is 1. The summed E-state index contributed by atoms with van der Waals surface area (Å²) in [6.45, 7) is 0. The van der Waals surface area contributed by atoms with Crippen molar-refractivity contribution in [1.29, 1.82) is 0 Å². The van der Waals surface area contributed by atoms with Crippen molar-refractivity contribution in [2.45, 2.75) is 0 Å². The van der Waals surface area contributed by atoms with E-state index in [0.717, 1.165) is 34.1 Å². The molecule has 0 radical (unpaired) electrons. The predicted octanol–water partition coefficient (Wildman–Crippen LogP) is 9.40. The van der Waals surface area contributed by atoms with Crippen molar-refractivity contribution in [3.05, 3.63) is 134 Å². The number of hydrogen-bond acceptors (Lipinski definition) is 6. The first-order valence-electron chi connectivity index (χ1n) is 11.1. The van der Waals surface area contributed by atoms with E-state index in [2.05, 4.69) is 30.8 Å². The van der Waals surface area contributed by atoms with Crippen molar-refractivity contribution >= 4 is 40.3 Å². The summed E-state index contributed by atoms with van der Waals surface area (Å²) in [5, 5.41) is 20.1. The van der Waals surface area contributed by atoms with Gasteiger partial charge in [-0.15, -0.1) is 0 Å². The molecule has 0 spiro atoms. The zero-order chi connectivity index (χ0) is 24.0. The van der Waals surface area contributed by atoms with Gasteiger partial charge in [0, 0.05) is 18.1 Å². The molecule has 6 heteroatoms. The van der Waals surface area contributed by atoms with E-state index in [4.69, 9.17) is 0 Å². The first kappa shape index (κ1) is 23.2. The summed E-state index contributed by atoms with van der Waals surface area (Å²) in [6, 6.07) is 34.6. The lowest BCUT2D eigenvalue weighted by atomic mass is 10.3. The maximum absolute atomic E-state index is 4.41. The standard InChI is InChI=1S/C29H24N6/c1-4-10-26(11-5-1)32-34-28-18-14-24(15-19-28)30-22-8-3-9-23-31-25-16-20-29(21-17-25)35-33-27-12-6-2-7-13-27/h1-23,30H/b9-3-,22-8-,31-23?,34-32?,35-33?. The van der Waals surface area contributed by atoms with Crippen LogP contribution in [0.3, 0.4) is 0 Å². The van der Waals surface area contributed by atoms with E-state index in [1.807, 2.05) is 134 Å². The largest absolute Gasteiger partial charge is 0.362 e. The van der Waals surface area contributed by atoms with Gasteiger partial charge in [0.2, 0.25) is 0 Å². The number of benzene rings is 4. The lowest BCUT2D eigenvalue weighted by molar-refractivity contribution is 1.23. The number of hydrogen-bond donors (Lipinski definition) is 1. The minimum atomic E-state index is 0.782. The zero-order valence-electron chi connectivity index (χ0n) is 19.0. The molecule has 0 saturated carbocycles. The molecule has 0 aliphatic heterocycles. The summed E-state index contributed by atoms with van der Waals surface area (Å²) in [6.07, 6.45) is 9.28. The van der Waals surface area contributed by atoms with Gasteiger partial charge in [-0.25, -0.2) is 0 Å². The van der Waals surface area contributed by atoms with E-state index >= 15 is 0 Å². The molecule has 0 fully saturated rings. The summed E-state index contributed by atoms with van der Waals surface area (Å²) in [7, 11) is 0. The fourth-order valence-corrected chi connectivity index (χ4v) is 2.89. The maximum atomic E-state index is 4.41. The van der Waals surface area contributed by atoms with E-state index in [9.17, 15) is 0 Å². The van der Waals surface area contributed by atoms with Crippen LogP contribution in [0.1, 0.15) is 0 Å². The summed E-state index contributed by atoms with van der Waals surface area (Å²) < 4.78 is 0. The summed E-state index contributed by atoms with van der Waals surface area (Å²) >= 11 is 0. The minimum Gasteiger partial charge on any atom is -0.362 e. The van der Waals surface area contributed by atoms with E-state index in [1.54, 1.807) is 6.21 Å². The molecule has 0 heterocycles. The first-order chi connectivity index (χ1) is 17.3. The molecule has 170 valence electrons. The Bertz CT molecular complexity index is 1320. The van der Waals surface area contributed by atoms with Crippen LogP contribution in [0.5, 0.6) is 0 Å². The third kappa shape index (κ3) is 8.14. The summed E-state index contributed by atoms with van der Waals surface area (Å²) in [5.74, 6) is 0. The van der Waals surface area contributed by atoms with Crippen LogP contribution in [0, 0.1) is 0 Å². The fraction of sp³-hybridized carbons (Fsp3) is 0. The lowest BCUT2D eigenvalue weighted by Gasteiger charge is -2.00. The van der Waals surface area contributed by atoms with Gasteiger partial charge < -0.3 is 5.32 Å². The highest BCUT2D eigenvalue weighted by atomic mass is 15.1. The van der Waals surface area contributed by atoms with Crippen molar-refractivity contribution in [1.82, 2.24) is 0 Å². The molecule has 0 aliphatic carbocycles. The molecule has 0 unspecified atom stereocenters. The molecule has 0 atom stereocenters. The number of nitrogens with zero attached hydrogens (tertiary/aromatic N) is 5. The van der Waals surface area contributed by atoms with Crippen LogP contribution < -0.4 is 5.32 Å². The van der Waals surface area contributed by atoms with Gasteiger partial charge in [0.15, 0.2) is 0 Å². The molecule has 0 aromatic heterocycles. The molecule has 1 N–H and O–H groups in total. The predicted molar refractivity (Wildman–Crippen MR) is 144 cm³/mol. The molecule has 4 aromatic rings. The van der Waals surface area contributed by atoms with Gasteiger partial charge in [0.1, 0.15) is 0 Å². The molecule has 0 aliphatic rings. The number of allylic oxidation sites excluding steroid dienone is 3.